The number of nitrogens with two attached hydrogens (primary N) is 1. The van der Waals surface area contributed by atoms with Gasteiger partial charge in [0, 0.05) is 5.69 Å². The lowest BCUT2D eigenvalue weighted by atomic mass is 10.0. The maximum Gasteiger partial charge on any atom is 0.336 e. The summed E-state index contributed by atoms with van der Waals surface area (Å²) < 4.78 is 0. The van der Waals surface area contributed by atoms with Gasteiger partial charge in [-0.25, -0.2) is 4.79 Å². The van der Waals surface area contributed by atoms with Crippen molar-refractivity contribution >= 4 is 11.7 Å². The van der Waals surface area contributed by atoms with Gasteiger partial charge in [0.25, 0.3) is 0 Å². The molecule has 1 saturated carbocycles. The van der Waals surface area contributed by atoms with Crippen molar-refractivity contribution in [3.63, 3.8) is 0 Å². The Kier molecular flexibility index (Phi) is 2.15. The average Bonchev–Trinajstić information content (AvgIpc) is 2.91. The van der Waals surface area contributed by atoms with Gasteiger partial charge in [-0.3, -0.25) is 0 Å². The molecule has 0 aromatic heterocycles. The van der Waals surface area contributed by atoms with Crippen LogP contribution in [0, 0.1) is 5.92 Å². The summed E-state index contributed by atoms with van der Waals surface area (Å²) in [7, 11) is 0. The van der Waals surface area contributed by atoms with E-state index in [2.05, 4.69) is 0 Å². The third kappa shape index (κ3) is 1.71. The van der Waals surface area contributed by atoms with E-state index in [0.717, 1.165) is 12.0 Å². The van der Waals surface area contributed by atoms with Gasteiger partial charge in [0.05, 0.1) is 5.56 Å². The molecule has 0 heterocycles. The minimum atomic E-state index is -0.882. The molecule has 0 saturated heterocycles. The summed E-state index contributed by atoms with van der Waals surface area (Å²) in [4.78, 5) is 10.9. The standard InChI is InChI=1S/C11H13NO2/c12-10-3-1-2-8(11(13)14)9(10)6-7-4-5-7/h1-3,7H,4-6,12H2,(H,13,14). The molecule has 3 N–H and O–H groups in total. The zero-order valence-corrected chi connectivity index (χ0v) is 7.86. The highest BCUT2D eigenvalue weighted by molar-refractivity contribution is 5.91. The summed E-state index contributed by atoms with van der Waals surface area (Å²) in [5, 5.41) is 8.97. The molecule has 74 valence electrons. The largest absolute Gasteiger partial charge is 0.478 e. The van der Waals surface area contributed by atoms with Crippen LogP contribution in [0.15, 0.2) is 18.2 Å². The number of hydrogen-bond acceptors (Lipinski definition) is 2. The molecule has 0 bridgehead atoms. The van der Waals surface area contributed by atoms with Crippen LogP contribution in [0.5, 0.6) is 0 Å². The highest BCUT2D eigenvalue weighted by atomic mass is 16.4. The molecular weight excluding hydrogens is 178 g/mol. The predicted octanol–water partition coefficient (Wildman–Crippen LogP) is 1.92. The number of hydrogen-bond donors (Lipinski definition) is 2. The summed E-state index contributed by atoms with van der Waals surface area (Å²) in [6.45, 7) is 0. The molecule has 0 amide bonds. The SMILES string of the molecule is Nc1cccc(C(=O)O)c1CC1CC1. The maximum absolute atomic E-state index is 10.9. The van der Waals surface area contributed by atoms with Gasteiger partial charge in [0.2, 0.25) is 0 Å². The fourth-order valence-electron chi connectivity index (χ4n) is 1.64. The number of carboxylic acid groups (broad SMARTS) is 1. The molecule has 1 aromatic carbocycles. The third-order valence-corrected chi connectivity index (χ3v) is 2.63. The second kappa shape index (κ2) is 3.33. The molecule has 0 atom stereocenters. The van der Waals surface area contributed by atoms with Gasteiger partial charge >= 0.3 is 5.97 Å². The van der Waals surface area contributed by atoms with E-state index in [1.165, 1.54) is 12.8 Å². The van der Waals surface area contributed by atoms with E-state index in [9.17, 15) is 4.79 Å². The van der Waals surface area contributed by atoms with Crippen LogP contribution in [0.2, 0.25) is 0 Å². The van der Waals surface area contributed by atoms with Gasteiger partial charge in [-0.15, -0.1) is 0 Å². The smallest absolute Gasteiger partial charge is 0.336 e. The van der Waals surface area contributed by atoms with Crippen LogP contribution >= 0.6 is 0 Å². The Morgan fingerprint density at radius 2 is 2.21 bits per heavy atom. The Bertz CT molecular complexity index is 370. The number of benzene rings is 1. The van der Waals surface area contributed by atoms with Crippen LogP contribution in [0.3, 0.4) is 0 Å². The van der Waals surface area contributed by atoms with E-state index in [0.29, 0.717) is 17.2 Å². The first-order valence-electron chi connectivity index (χ1n) is 4.79. The van der Waals surface area contributed by atoms with Crippen molar-refractivity contribution in [3.05, 3.63) is 29.3 Å². The Morgan fingerprint density at radius 3 is 2.79 bits per heavy atom. The fourth-order valence-corrected chi connectivity index (χ4v) is 1.64. The second-order valence-corrected chi connectivity index (χ2v) is 3.83. The number of carboxylic acids is 1. The predicted molar refractivity (Wildman–Crippen MR) is 54.2 cm³/mol. The van der Waals surface area contributed by atoms with Gasteiger partial charge in [-0.1, -0.05) is 6.07 Å². The summed E-state index contributed by atoms with van der Waals surface area (Å²) in [6, 6.07) is 5.08. The highest BCUT2D eigenvalue weighted by Gasteiger charge is 2.24. The lowest BCUT2D eigenvalue weighted by Gasteiger charge is -2.08. The Labute approximate surface area is 82.5 Å². The number of rotatable bonds is 3. The number of anilines is 1. The van der Waals surface area contributed by atoms with Crippen LogP contribution in [-0.2, 0) is 6.42 Å². The normalized spacial score (nSPS) is 15.4. The molecule has 3 heteroatoms. The Hall–Kier alpha value is -1.51. The van der Waals surface area contributed by atoms with Crippen LogP contribution < -0.4 is 5.73 Å². The monoisotopic (exact) mass is 191 g/mol. The molecule has 1 fully saturated rings. The Morgan fingerprint density at radius 1 is 1.50 bits per heavy atom. The van der Waals surface area contributed by atoms with E-state index in [1.54, 1.807) is 18.2 Å². The van der Waals surface area contributed by atoms with E-state index in [1.807, 2.05) is 0 Å². The van der Waals surface area contributed by atoms with Gasteiger partial charge in [0.1, 0.15) is 0 Å². The molecule has 1 aromatic rings. The van der Waals surface area contributed by atoms with Crippen LogP contribution in [0.1, 0.15) is 28.8 Å². The van der Waals surface area contributed by atoms with E-state index in [4.69, 9.17) is 10.8 Å². The number of carbonyl (C=O) groups is 1. The van der Waals surface area contributed by atoms with Gasteiger partial charge in [0.15, 0.2) is 0 Å². The van der Waals surface area contributed by atoms with Gasteiger partial charge in [-0.05, 0) is 42.9 Å². The minimum absolute atomic E-state index is 0.358. The molecule has 1 aliphatic rings. The minimum Gasteiger partial charge on any atom is -0.478 e. The van der Waals surface area contributed by atoms with Crippen molar-refractivity contribution in [3.8, 4) is 0 Å². The van der Waals surface area contributed by atoms with Crippen molar-refractivity contribution < 1.29 is 9.90 Å². The van der Waals surface area contributed by atoms with E-state index >= 15 is 0 Å². The molecule has 2 rings (SSSR count). The maximum atomic E-state index is 10.9. The first-order chi connectivity index (χ1) is 6.68. The molecule has 0 unspecified atom stereocenters. The summed E-state index contributed by atoms with van der Waals surface area (Å²) in [5.41, 5.74) is 7.55. The molecule has 0 radical (unpaired) electrons. The molecule has 0 spiro atoms. The average molecular weight is 191 g/mol. The third-order valence-electron chi connectivity index (χ3n) is 2.63. The first-order valence-corrected chi connectivity index (χ1v) is 4.79. The van der Waals surface area contributed by atoms with Crippen molar-refractivity contribution in [2.45, 2.75) is 19.3 Å². The molecule has 14 heavy (non-hydrogen) atoms. The van der Waals surface area contributed by atoms with E-state index in [-0.39, 0.29) is 0 Å². The summed E-state index contributed by atoms with van der Waals surface area (Å²) >= 11 is 0. The van der Waals surface area contributed by atoms with Crippen molar-refractivity contribution in [2.24, 2.45) is 5.92 Å². The van der Waals surface area contributed by atoms with Crippen molar-refractivity contribution in [1.82, 2.24) is 0 Å². The summed E-state index contributed by atoms with van der Waals surface area (Å²) in [5.74, 6) is -0.231. The van der Waals surface area contributed by atoms with Gasteiger partial charge < -0.3 is 10.8 Å². The van der Waals surface area contributed by atoms with E-state index < -0.39 is 5.97 Å². The number of aromatic carboxylic acids is 1. The molecule has 0 aliphatic heterocycles. The fraction of sp³-hybridized carbons (Fsp3) is 0.364. The highest BCUT2D eigenvalue weighted by Crippen LogP contribution is 2.35. The Balaban J connectivity index is 2.36. The van der Waals surface area contributed by atoms with Gasteiger partial charge in [-0.2, -0.15) is 0 Å². The second-order valence-electron chi connectivity index (χ2n) is 3.83. The van der Waals surface area contributed by atoms with Crippen LogP contribution in [0.25, 0.3) is 0 Å². The van der Waals surface area contributed by atoms with Crippen LogP contribution in [-0.4, -0.2) is 11.1 Å². The van der Waals surface area contributed by atoms with Crippen molar-refractivity contribution in [2.75, 3.05) is 5.73 Å². The molecular formula is C11H13NO2. The quantitative estimate of drug-likeness (QED) is 0.717. The topological polar surface area (TPSA) is 63.3 Å². The molecule has 1 aliphatic carbocycles. The number of nitrogen functional groups attached to an aromatic ring is 1. The zero-order chi connectivity index (χ0) is 10.1. The summed E-state index contributed by atoms with van der Waals surface area (Å²) in [6.07, 6.45) is 3.22. The van der Waals surface area contributed by atoms with Crippen LogP contribution in [0.4, 0.5) is 5.69 Å². The molecule has 3 nitrogen and oxygen atoms in total. The zero-order valence-electron chi connectivity index (χ0n) is 7.86. The first kappa shape index (κ1) is 9.06. The lowest BCUT2D eigenvalue weighted by Crippen LogP contribution is -2.06. The van der Waals surface area contributed by atoms with Crippen molar-refractivity contribution in [1.29, 1.82) is 0 Å². The lowest BCUT2D eigenvalue weighted by molar-refractivity contribution is 0.0695.